The maximum atomic E-state index is 11.2. The SMILES string of the molecule is CC.CCCCN.CCNCC(=O)NCCN(C)C(=O)CC. The molecule has 0 heterocycles. The third-order valence-electron chi connectivity index (χ3n) is 2.59. The number of unbranched alkanes of at least 4 members (excludes halogenated alkanes) is 1. The lowest BCUT2D eigenvalue weighted by molar-refractivity contribution is -0.130. The van der Waals surface area contributed by atoms with E-state index >= 15 is 0 Å². The predicted octanol–water partition coefficient (Wildman–Crippen LogP) is 1.35. The molecule has 0 aromatic rings. The minimum Gasteiger partial charge on any atom is -0.353 e. The second-order valence-corrected chi connectivity index (χ2v) is 4.44. The summed E-state index contributed by atoms with van der Waals surface area (Å²) < 4.78 is 0. The van der Waals surface area contributed by atoms with Crippen LogP contribution in [-0.2, 0) is 9.59 Å². The molecule has 0 unspecified atom stereocenters. The van der Waals surface area contributed by atoms with Gasteiger partial charge in [-0.25, -0.2) is 0 Å². The van der Waals surface area contributed by atoms with E-state index in [-0.39, 0.29) is 11.8 Å². The number of nitrogens with two attached hydrogens (primary N) is 1. The van der Waals surface area contributed by atoms with Crippen molar-refractivity contribution in [3.8, 4) is 0 Å². The first-order valence-corrected chi connectivity index (χ1v) is 8.44. The number of rotatable bonds is 9. The Morgan fingerprint density at radius 1 is 1.14 bits per heavy atom. The fourth-order valence-electron chi connectivity index (χ4n) is 1.26. The second-order valence-electron chi connectivity index (χ2n) is 4.44. The Labute approximate surface area is 137 Å². The van der Waals surface area contributed by atoms with Gasteiger partial charge < -0.3 is 21.3 Å². The summed E-state index contributed by atoms with van der Waals surface area (Å²) >= 11 is 0. The van der Waals surface area contributed by atoms with Gasteiger partial charge in [0.1, 0.15) is 0 Å². The van der Waals surface area contributed by atoms with Gasteiger partial charge in [0, 0.05) is 26.6 Å². The van der Waals surface area contributed by atoms with Gasteiger partial charge in [-0.2, -0.15) is 0 Å². The number of nitrogens with zero attached hydrogens (tertiary/aromatic N) is 1. The predicted molar refractivity (Wildman–Crippen MR) is 94.8 cm³/mol. The molecule has 0 aromatic heterocycles. The first-order chi connectivity index (χ1) is 10.5. The van der Waals surface area contributed by atoms with Gasteiger partial charge in [0.15, 0.2) is 0 Å². The molecule has 0 radical (unpaired) electrons. The van der Waals surface area contributed by atoms with Crippen molar-refractivity contribution >= 4 is 11.8 Å². The smallest absolute Gasteiger partial charge is 0.234 e. The summed E-state index contributed by atoms with van der Waals surface area (Å²) in [5, 5.41) is 5.66. The van der Waals surface area contributed by atoms with Crippen LogP contribution in [0.5, 0.6) is 0 Å². The quantitative estimate of drug-likeness (QED) is 0.599. The van der Waals surface area contributed by atoms with Crippen LogP contribution in [0.2, 0.25) is 0 Å². The summed E-state index contributed by atoms with van der Waals surface area (Å²) in [4.78, 5) is 23.9. The maximum absolute atomic E-state index is 11.2. The number of amides is 2. The average molecular weight is 319 g/mol. The van der Waals surface area contributed by atoms with Gasteiger partial charge in [-0.05, 0) is 19.5 Å². The zero-order valence-electron chi connectivity index (χ0n) is 15.5. The normalized spacial score (nSPS) is 8.86. The highest BCUT2D eigenvalue weighted by molar-refractivity contribution is 5.78. The van der Waals surface area contributed by atoms with E-state index in [2.05, 4.69) is 17.6 Å². The van der Waals surface area contributed by atoms with Crippen LogP contribution in [-0.4, -0.2) is 56.5 Å². The minimum absolute atomic E-state index is 0.0332. The van der Waals surface area contributed by atoms with Gasteiger partial charge in [0.2, 0.25) is 11.8 Å². The average Bonchev–Trinajstić information content (AvgIpc) is 2.55. The van der Waals surface area contributed by atoms with Crippen LogP contribution >= 0.6 is 0 Å². The van der Waals surface area contributed by atoms with Crippen molar-refractivity contribution in [1.29, 1.82) is 0 Å². The standard InChI is InChI=1S/C10H21N3O2.C4H11N.C2H6/c1-4-10(15)13(3)7-6-12-9(14)8-11-5-2;1-2-3-4-5;1-2/h11H,4-8H2,1-3H3,(H,12,14);2-5H2,1H3;1-2H3. The van der Waals surface area contributed by atoms with E-state index < -0.39 is 0 Å². The van der Waals surface area contributed by atoms with Gasteiger partial charge in [-0.15, -0.1) is 0 Å². The maximum Gasteiger partial charge on any atom is 0.234 e. The first-order valence-electron chi connectivity index (χ1n) is 8.44. The van der Waals surface area contributed by atoms with Crippen molar-refractivity contribution in [2.45, 2.75) is 53.9 Å². The van der Waals surface area contributed by atoms with E-state index in [1.807, 2.05) is 27.7 Å². The third kappa shape index (κ3) is 21.2. The van der Waals surface area contributed by atoms with Crippen LogP contribution < -0.4 is 16.4 Å². The van der Waals surface area contributed by atoms with Crippen molar-refractivity contribution in [3.63, 3.8) is 0 Å². The van der Waals surface area contributed by atoms with Gasteiger partial charge in [0.05, 0.1) is 6.54 Å². The van der Waals surface area contributed by atoms with E-state index in [0.29, 0.717) is 26.1 Å². The number of carbonyl (C=O) groups excluding carboxylic acids is 2. The molecule has 0 atom stereocenters. The number of carbonyl (C=O) groups is 2. The molecule has 6 heteroatoms. The van der Waals surface area contributed by atoms with Crippen LogP contribution in [0.3, 0.4) is 0 Å². The molecular weight excluding hydrogens is 280 g/mol. The number of nitrogens with one attached hydrogen (secondary N) is 2. The Kier molecular flexibility index (Phi) is 26.0. The summed E-state index contributed by atoms with van der Waals surface area (Å²) in [6.07, 6.45) is 2.89. The van der Waals surface area contributed by atoms with Gasteiger partial charge >= 0.3 is 0 Å². The molecule has 0 saturated heterocycles. The molecule has 4 N–H and O–H groups in total. The fourth-order valence-corrected chi connectivity index (χ4v) is 1.26. The molecule has 6 nitrogen and oxygen atoms in total. The third-order valence-corrected chi connectivity index (χ3v) is 2.59. The summed E-state index contributed by atoms with van der Waals surface area (Å²) in [5.41, 5.74) is 5.14. The van der Waals surface area contributed by atoms with Gasteiger partial charge in [-0.1, -0.05) is 41.0 Å². The molecule has 2 amide bonds. The van der Waals surface area contributed by atoms with Crippen molar-refractivity contribution in [2.24, 2.45) is 5.73 Å². The Hall–Kier alpha value is -1.14. The Balaban J connectivity index is -0.000000434. The van der Waals surface area contributed by atoms with E-state index in [9.17, 15) is 9.59 Å². The van der Waals surface area contributed by atoms with E-state index in [4.69, 9.17) is 5.73 Å². The van der Waals surface area contributed by atoms with Crippen molar-refractivity contribution < 1.29 is 9.59 Å². The lowest BCUT2D eigenvalue weighted by Crippen LogP contribution is -2.39. The molecule has 22 heavy (non-hydrogen) atoms. The topological polar surface area (TPSA) is 87.5 Å². The molecule has 0 aliphatic carbocycles. The molecule has 134 valence electrons. The second kappa shape index (κ2) is 22.1. The van der Waals surface area contributed by atoms with Crippen molar-refractivity contribution in [2.75, 3.05) is 39.8 Å². The molecule has 0 fully saturated rings. The van der Waals surface area contributed by atoms with E-state index in [1.54, 1.807) is 11.9 Å². The highest BCUT2D eigenvalue weighted by Crippen LogP contribution is 1.87. The minimum atomic E-state index is -0.0332. The zero-order chi connectivity index (χ0) is 17.8. The molecule has 0 spiro atoms. The van der Waals surface area contributed by atoms with Crippen molar-refractivity contribution in [3.05, 3.63) is 0 Å². The Morgan fingerprint density at radius 2 is 1.73 bits per heavy atom. The zero-order valence-corrected chi connectivity index (χ0v) is 15.5. The molecule has 0 aromatic carbocycles. The fraction of sp³-hybridized carbons (Fsp3) is 0.875. The molecule has 0 aliphatic rings. The van der Waals surface area contributed by atoms with E-state index in [1.165, 1.54) is 12.8 Å². The van der Waals surface area contributed by atoms with Crippen LogP contribution in [0, 0.1) is 0 Å². The highest BCUT2D eigenvalue weighted by atomic mass is 16.2. The van der Waals surface area contributed by atoms with Crippen LogP contribution in [0.1, 0.15) is 53.9 Å². The Bertz CT molecular complexity index is 246. The monoisotopic (exact) mass is 318 g/mol. The van der Waals surface area contributed by atoms with E-state index in [0.717, 1.165) is 13.1 Å². The molecule has 0 saturated carbocycles. The number of hydrogen-bond acceptors (Lipinski definition) is 4. The molecule has 0 aliphatic heterocycles. The molecule has 0 bridgehead atoms. The number of hydrogen-bond donors (Lipinski definition) is 3. The Morgan fingerprint density at radius 3 is 2.09 bits per heavy atom. The highest BCUT2D eigenvalue weighted by Gasteiger charge is 2.05. The summed E-state index contributed by atoms with van der Waals surface area (Å²) in [6, 6.07) is 0. The van der Waals surface area contributed by atoms with Gasteiger partial charge in [0.25, 0.3) is 0 Å². The van der Waals surface area contributed by atoms with Crippen LogP contribution in [0.25, 0.3) is 0 Å². The summed E-state index contributed by atoms with van der Waals surface area (Å²) in [7, 11) is 1.74. The van der Waals surface area contributed by atoms with Crippen LogP contribution in [0.15, 0.2) is 0 Å². The molecule has 0 rings (SSSR count). The lowest BCUT2D eigenvalue weighted by Gasteiger charge is -2.16. The summed E-state index contributed by atoms with van der Waals surface area (Å²) in [6.45, 7) is 12.9. The van der Waals surface area contributed by atoms with Crippen LogP contribution in [0.4, 0.5) is 0 Å². The summed E-state index contributed by atoms with van der Waals surface area (Å²) in [5.74, 6) is 0.0603. The van der Waals surface area contributed by atoms with Gasteiger partial charge in [-0.3, -0.25) is 9.59 Å². The number of likely N-dealkylation sites (N-methyl/N-ethyl adjacent to an activating group) is 2. The van der Waals surface area contributed by atoms with Crippen molar-refractivity contribution in [1.82, 2.24) is 15.5 Å². The largest absolute Gasteiger partial charge is 0.353 e. The molecular formula is C16H38N4O2. The first kappa shape index (κ1) is 25.8. The lowest BCUT2D eigenvalue weighted by atomic mass is 10.3.